The van der Waals surface area contributed by atoms with E-state index in [4.69, 9.17) is 16.7 Å². The highest BCUT2D eigenvalue weighted by molar-refractivity contribution is 6.28. The average Bonchev–Trinajstić information content (AvgIpc) is 2.84. The molecule has 1 atom stereocenters. The van der Waals surface area contributed by atoms with Crippen molar-refractivity contribution in [1.29, 1.82) is 0 Å². The number of hydrogen-bond donors (Lipinski definition) is 2. The highest BCUT2D eigenvalue weighted by atomic mass is 35.5. The quantitative estimate of drug-likeness (QED) is 0.833. The molecule has 0 aliphatic carbocycles. The number of aromatic nitrogens is 2. The van der Waals surface area contributed by atoms with Gasteiger partial charge in [0.15, 0.2) is 0 Å². The van der Waals surface area contributed by atoms with Crippen LogP contribution in [0.2, 0.25) is 5.28 Å². The predicted octanol–water partition coefficient (Wildman–Crippen LogP) is 2.44. The second-order valence-electron chi connectivity index (χ2n) is 5.22. The molecule has 0 saturated carbocycles. The molecule has 2 heterocycles. The smallest absolute Gasteiger partial charge is 0.404 e. The zero-order valence-corrected chi connectivity index (χ0v) is 12.3. The van der Waals surface area contributed by atoms with Gasteiger partial charge in [-0.05, 0) is 42.6 Å². The van der Waals surface area contributed by atoms with Gasteiger partial charge in [-0.2, -0.15) is 4.98 Å². The van der Waals surface area contributed by atoms with E-state index in [1.807, 2.05) is 30.0 Å². The third kappa shape index (κ3) is 2.85. The van der Waals surface area contributed by atoms with E-state index in [0.717, 1.165) is 35.2 Å². The van der Waals surface area contributed by atoms with Crippen molar-refractivity contribution in [2.24, 2.45) is 0 Å². The highest BCUT2D eigenvalue weighted by Crippen LogP contribution is 2.28. The first kappa shape index (κ1) is 13.9. The lowest BCUT2D eigenvalue weighted by Gasteiger charge is -2.19. The molecule has 1 unspecified atom stereocenters. The van der Waals surface area contributed by atoms with E-state index in [1.54, 1.807) is 0 Å². The summed E-state index contributed by atoms with van der Waals surface area (Å²) in [7, 11) is 0. The molecule has 0 spiro atoms. The highest BCUT2D eigenvalue weighted by Gasteiger charge is 2.26. The van der Waals surface area contributed by atoms with Gasteiger partial charge in [-0.1, -0.05) is 6.07 Å². The maximum atomic E-state index is 10.7. The van der Waals surface area contributed by atoms with Crippen molar-refractivity contribution in [2.45, 2.75) is 19.4 Å². The van der Waals surface area contributed by atoms with Crippen molar-refractivity contribution in [1.82, 2.24) is 15.3 Å². The van der Waals surface area contributed by atoms with Crippen LogP contribution in [0.15, 0.2) is 18.2 Å². The number of halogens is 1. The van der Waals surface area contributed by atoms with Gasteiger partial charge in [0.05, 0.1) is 11.6 Å². The summed E-state index contributed by atoms with van der Waals surface area (Å²) in [5.74, 6) is 0.764. The molecule has 2 N–H and O–H groups in total. The number of carbonyl (C=O) groups is 1. The summed E-state index contributed by atoms with van der Waals surface area (Å²) >= 11 is 6.02. The molecule has 1 saturated heterocycles. The molecule has 1 aromatic heterocycles. The topological polar surface area (TPSA) is 78.4 Å². The summed E-state index contributed by atoms with van der Waals surface area (Å²) in [4.78, 5) is 21.4. The minimum absolute atomic E-state index is 0.0864. The molecule has 110 valence electrons. The van der Waals surface area contributed by atoms with Gasteiger partial charge in [0.25, 0.3) is 0 Å². The van der Waals surface area contributed by atoms with Crippen LogP contribution in [0.3, 0.4) is 0 Å². The van der Waals surface area contributed by atoms with Crippen LogP contribution < -0.4 is 10.2 Å². The molecule has 0 radical (unpaired) electrons. The van der Waals surface area contributed by atoms with Crippen LogP contribution in [-0.4, -0.2) is 40.3 Å². The maximum absolute atomic E-state index is 10.7. The lowest BCUT2D eigenvalue weighted by Crippen LogP contribution is -2.36. The van der Waals surface area contributed by atoms with Gasteiger partial charge in [-0.25, -0.2) is 9.78 Å². The van der Waals surface area contributed by atoms with Crippen molar-refractivity contribution in [3.8, 4) is 0 Å². The van der Waals surface area contributed by atoms with E-state index in [0.29, 0.717) is 6.54 Å². The van der Waals surface area contributed by atoms with Crippen LogP contribution in [-0.2, 0) is 0 Å². The molecule has 1 amide bonds. The molecule has 6 nitrogen and oxygen atoms in total. The maximum Gasteiger partial charge on any atom is 0.404 e. The predicted molar refractivity (Wildman–Crippen MR) is 81.1 cm³/mol. The summed E-state index contributed by atoms with van der Waals surface area (Å²) in [5, 5.41) is 12.5. The fourth-order valence-corrected chi connectivity index (χ4v) is 2.85. The lowest BCUT2D eigenvalue weighted by atomic mass is 10.1. The third-order valence-corrected chi connectivity index (χ3v) is 3.79. The Morgan fingerprint density at radius 3 is 3.05 bits per heavy atom. The Balaban J connectivity index is 1.95. The van der Waals surface area contributed by atoms with Crippen molar-refractivity contribution in [3.05, 3.63) is 29.0 Å². The van der Waals surface area contributed by atoms with Crippen molar-refractivity contribution < 1.29 is 9.90 Å². The Hall–Kier alpha value is -2.08. The first-order valence-electron chi connectivity index (χ1n) is 6.71. The third-order valence-electron chi connectivity index (χ3n) is 3.62. The Kier molecular flexibility index (Phi) is 3.55. The largest absolute Gasteiger partial charge is 0.465 e. The number of hydrogen-bond acceptors (Lipinski definition) is 4. The standard InChI is InChI=1S/C14H15ClN4O2/c1-8-2-3-10-11(6-8)17-13(15)18-12(10)19-5-4-9(7-19)16-14(20)21/h2-3,6,9,16H,4-5,7H2,1H3,(H,20,21). The molecule has 1 aromatic carbocycles. The first-order chi connectivity index (χ1) is 10.0. The first-order valence-corrected chi connectivity index (χ1v) is 7.09. The van der Waals surface area contributed by atoms with Gasteiger partial charge in [-0.15, -0.1) is 0 Å². The molecule has 1 fully saturated rings. The SMILES string of the molecule is Cc1ccc2c(N3CCC(NC(=O)O)C3)nc(Cl)nc2c1. The Morgan fingerprint density at radius 2 is 2.29 bits per heavy atom. The van der Waals surface area contributed by atoms with Crippen LogP contribution in [0.1, 0.15) is 12.0 Å². The van der Waals surface area contributed by atoms with Crippen LogP contribution in [0.25, 0.3) is 10.9 Å². The fraction of sp³-hybridized carbons (Fsp3) is 0.357. The number of amides is 1. The summed E-state index contributed by atoms with van der Waals surface area (Å²) in [5.41, 5.74) is 1.91. The number of nitrogens with zero attached hydrogens (tertiary/aromatic N) is 3. The number of aryl methyl sites for hydroxylation is 1. The zero-order valence-electron chi connectivity index (χ0n) is 11.5. The van der Waals surface area contributed by atoms with Crippen molar-refractivity contribution in [3.63, 3.8) is 0 Å². The molecule has 21 heavy (non-hydrogen) atoms. The Morgan fingerprint density at radius 1 is 1.48 bits per heavy atom. The molecular weight excluding hydrogens is 292 g/mol. The second kappa shape index (κ2) is 5.37. The molecular formula is C14H15ClN4O2. The van der Waals surface area contributed by atoms with Gasteiger partial charge < -0.3 is 15.3 Å². The second-order valence-corrected chi connectivity index (χ2v) is 5.56. The molecule has 2 aromatic rings. The summed E-state index contributed by atoms with van der Waals surface area (Å²) in [6, 6.07) is 5.87. The van der Waals surface area contributed by atoms with Gasteiger partial charge in [0, 0.05) is 18.5 Å². The van der Waals surface area contributed by atoms with Crippen molar-refractivity contribution in [2.75, 3.05) is 18.0 Å². The molecule has 1 aliphatic rings. The minimum atomic E-state index is -0.997. The summed E-state index contributed by atoms with van der Waals surface area (Å²) < 4.78 is 0. The fourth-order valence-electron chi connectivity index (χ4n) is 2.68. The zero-order chi connectivity index (χ0) is 15.0. The number of benzene rings is 1. The number of nitrogens with one attached hydrogen (secondary N) is 1. The van der Waals surface area contributed by atoms with E-state index in [1.165, 1.54) is 0 Å². The van der Waals surface area contributed by atoms with Gasteiger partial charge in [0.2, 0.25) is 5.28 Å². The average molecular weight is 307 g/mol. The number of rotatable bonds is 2. The molecule has 7 heteroatoms. The van der Waals surface area contributed by atoms with Crippen molar-refractivity contribution >= 4 is 34.4 Å². The van der Waals surface area contributed by atoms with Crippen LogP contribution in [0, 0.1) is 6.92 Å². The number of carboxylic acid groups (broad SMARTS) is 1. The molecule has 3 rings (SSSR count). The number of fused-ring (bicyclic) bond motifs is 1. The Labute approximate surface area is 126 Å². The Bertz CT molecular complexity index is 701. The van der Waals surface area contributed by atoms with Crippen LogP contribution in [0.4, 0.5) is 10.6 Å². The van der Waals surface area contributed by atoms with Gasteiger partial charge in [0.1, 0.15) is 5.82 Å². The lowest BCUT2D eigenvalue weighted by molar-refractivity contribution is 0.191. The van der Waals surface area contributed by atoms with Gasteiger partial charge >= 0.3 is 6.09 Å². The molecule has 0 bridgehead atoms. The van der Waals surface area contributed by atoms with E-state index >= 15 is 0 Å². The monoisotopic (exact) mass is 306 g/mol. The van der Waals surface area contributed by atoms with E-state index in [2.05, 4.69) is 15.3 Å². The van der Waals surface area contributed by atoms with Crippen LogP contribution >= 0.6 is 11.6 Å². The molecule has 1 aliphatic heterocycles. The van der Waals surface area contributed by atoms with E-state index < -0.39 is 6.09 Å². The normalized spacial score (nSPS) is 18.2. The van der Waals surface area contributed by atoms with Gasteiger partial charge in [-0.3, -0.25) is 0 Å². The summed E-state index contributed by atoms with van der Waals surface area (Å²) in [6.07, 6.45) is -0.246. The summed E-state index contributed by atoms with van der Waals surface area (Å²) in [6.45, 7) is 3.32. The number of anilines is 1. The van der Waals surface area contributed by atoms with Crippen LogP contribution in [0.5, 0.6) is 0 Å². The minimum Gasteiger partial charge on any atom is -0.465 e. The van der Waals surface area contributed by atoms with E-state index in [9.17, 15) is 4.79 Å². The van der Waals surface area contributed by atoms with E-state index in [-0.39, 0.29) is 11.3 Å².